The minimum Gasteiger partial charge on any atom is -0.652 e. The van der Waals surface area contributed by atoms with Gasteiger partial charge in [-0.1, -0.05) is 19.6 Å². The molecular weight excluding hydrogens is 228 g/mol. The Morgan fingerprint density at radius 2 is 1.33 bits per heavy atom. The summed E-state index contributed by atoms with van der Waals surface area (Å²) in [5.41, 5.74) is 2.24. The van der Waals surface area contributed by atoms with Gasteiger partial charge in [0.1, 0.15) is 0 Å². The molecule has 0 aromatic rings. The molecule has 0 unspecified atom stereocenters. The van der Waals surface area contributed by atoms with E-state index in [2.05, 4.69) is 5.69 Å². The molecule has 0 aromatic heterocycles. The number of carbonyl (C=O) groups is 1. The van der Waals surface area contributed by atoms with Gasteiger partial charge in [-0.25, -0.2) is 5.26 Å². The Morgan fingerprint density at radius 1 is 1.25 bits per heavy atom. The second kappa shape index (κ2) is 13.2. The first-order valence-electron chi connectivity index (χ1n) is 2.59. The van der Waals surface area contributed by atoms with Crippen LogP contribution in [0, 0.1) is 11.0 Å². The van der Waals surface area contributed by atoms with E-state index in [0.29, 0.717) is 0 Å². The van der Waals surface area contributed by atoms with E-state index in [9.17, 15) is 0 Å². The third-order valence-corrected chi connectivity index (χ3v) is 1.01. The largest absolute Gasteiger partial charge is 1.00 e. The molecule has 0 saturated heterocycles. The molecule has 0 aliphatic heterocycles. The Kier molecular flexibility index (Phi) is 26.3. The normalized spacial score (nSPS) is 7.17. The molecule has 0 atom stereocenters. The molecule has 0 N–H and O–H groups in total. The zero-order valence-electron chi connectivity index (χ0n) is 8.17. The average Bonchev–Trinajstić information content (AvgIpc) is 1.63. The van der Waals surface area contributed by atoms with Gasteiger partial charge in [0.2, 0.25) is 0 Å². The van der Waals surface area contributed by atoms with Crippen molar-refractivity contribution in [3.63, 3.8) is 0 Å². The van der Waals surface area contributed by atoms with Crippen molar-refractivity contribution in [3.8, 4) is 5.69 Å². The van der Waals surface area contributed by atoms with E-state index in [-0.39, 0.29) is 103 Å². The number of rotatable bonds is 0. The number of hydrogen-bond acceptors (Lipinski definition) is 4. The molecule has 0 heterocycles. The fourth-order valence-corrected chi connectivity index (χ4v) is 0. The molecule has 0 amide bonds. The molecule has 0 rings (SSSR count). The van der Waals surface area contributed by atoms with Crippen molar-refractivity contribution in [2.24, 2.45) is 0 Å². The number of carboxylic acid groups (broad SMARTS) is 2. The van der Waals surface area contributed by atoms with Gasteiger partial charge >= 0.3 is 103 Å². The molecule has 12 heavy (non-hydrogen) atoms. The molecule has 58 valence electrons. The zero-order chi connectivity index (χ0) is 8.78. The standard InChI is InChI=1S/C4H9NSi.CH2O3.2K/c1-6(2,3)4-5;2-1(3)4;;/h1-3H3;(H2,2,3,4);;/q;;2*+1/p-2. The van der Waals surface area contributed by atoms with Crippen LogP contribution in [0.4, 0.5) is 4.79 Å². The van der Waals surface area contributed by atoms with Gasteiger partial charge in [0.25, 0.3) is 0 Å². The van der Waals surface area contributed by atoms with Gasteiger partial charge in [0.05, 0.1) is 0 Å². The first-order valence-corrected chi connectivity index (χ1v) is 6.09. The van der Waals surface area contributed by atoms with Gasteiger partial charge in [-0.05, 0) is 6.16 Å². The second-order valence-corrected chi connectivity index (χ2v) is 7.34. The summed E-state index contributed by atoms with van der Waals surface area (Å²) in [4.78, 5) is 8.33. The van der Waals surface area contributed by atoms with E-state index in [4.69, 9.17) is 20.3 Å². The quantitative estimate of drug-likeness (QED) is 0.392. The maximum atomic E-state index is 8.33. The van der Waals surface area contributed by atoms with Crippen LogP contribution >= 0.6 is 0 Å². The number of hydrogen-bond donors (Lipinski definition) is 0. The van der Waals surface area contributed by atoms with Gasteiger partial charge in [-0.15, -0.1) is 0 Å². The monoisotopic (exact) mass is 237 g/mol. The van der Waals surface area contributed by atoms with Crippen molar-refractivity contribution in [1.82, 2.24) is 0 Å². The SMILES string of the molecule is C[Si](C)(C)C#N.O=C([O-])[O-].[K+].[K+]. The Hall–Kier alpha value is 2.25. The van der Waals surface area contributed by atoms with Crippen LogP contribution in [0.1, 0.15) is 0 Å². The maximum absolute atomic E-state index is 8.33. The summed E-state index contributed by atoms with van der Waals surface area (Å²) in [6, 6.07) is 0. The Labute approximate surface area is 159 Å². The molecular formula is C5H9K2NO3Si. The molecule has 0 saturated carbocycles. The van der Waals surface area contributed by atoms with Crippen LogP contribution < -0.4 is 113 Å². The zero-order valence-corrected chi connectivity index (χ0v) is 15.4. The van der Waals surface area contributed by atoms with Gasteiger partial charge in [-0.3, -0.25) is 0 Å². The average molecular weight is 237 g/mol. The molecule has 0 fully saturated rings. The summed E-state index contributed by atoms with van der Waals surface area (Å²) in [6.45, 7) is 6.06. The molecule has 0 aliphatic carbocycles. The second-order valence-electron chi connectivity index (χ2n) is 2.61. The Morgan fingerprint density at radius 3 is 1.33 bits per heavy atom. The van der Waals surface area contributed by atoms with Crippen molar-refractivity contribution in [3.05, 3.63) is 0 Å². The van der Waals surface area contributed by atoms with Crippen LogP contribution in [0.5, 0.6) is 0 Å². The summed E-state index contributed by atoms with van der Waals surface area (Å²) in [5.74, 6) is 0. The predicted molar refractivity (Wildman–Crippen MR) is 34.4 cm³/mol. The Balaban J connectivity index is -0.0000000483. The van der Waals surface area contributed by atoms with E-state index in [1.54, 1.807) is 0 Å². The van der Waals surface area contributed by atoms with Crippen molar-refractivity contribution < 1.29 is 118 Å². The third-order valence-electron chi connectivity index (χ3n) is 0.335. The van der Waals surface area contributed by atoms with Crippen LogP contribution in [0.2, 0.25) is 19.6 Å². The summed E-state index contributed by atoms with van der Waals surface area (Å²) < 4.78 is 0. The fourth-order valence-electron chi connectivity index (χ4n) is 0. The minimum atomic E-state index is -2.33. The van der Waals surface area contributed by atoms with E-state index < -0.39 is 14.2 Å². The van der Waals surface area contributed by atoms with E-state index in [1.165, 1.54) is 0 Å². The van der Waals surface area contributed by atoms with Crippen molar-refractivity contribution in [2.45, 2.75) is 19.6 Å². The van der Waals surface area contributed by atoms with Crippen molar-refractivity contribution in [2.75, 3.05) is 0 Å². The van der Waals surface area contributed by atoms with Crippen LogP contribution in [0.3, 0.4) is 0 Å². The van der Waals surface area contributed by atoms with Crippen LogP contribution in [0.15, 0.2) is 0 Å². The maximum Gasteiger partial charge on any atom is 1.00 e. The molecule has 0 aliphatic rings. The Bertz CT molecular complexity index is 148. The van der Waals surface area contributed by atoms with Gasteiger partial charge in [0.15, 0.2) is 8.07 Å². The van der Waals surface area contributed by atoms with Gasteiger partial charge in [0, 0.05) is 5.69 Å². The van der Waals surface area contributed by atoms with Crippen LogP contribution in [-0.2, 0) is 0 Å². The van der Waals surface area contributed by atoms with Crippen LogP contribution in [0.25, 0.3) is 0 Å². The van der Waals surface area contributed by atoms with Crippen molar-refractivity contribution in [1.29, 1.82) is 5.26 Å². The van der Waals surface area contributed by atoms with E-state index >= 15 is 0 Å². The van der Waals surface area contributed by atoms with Gasteiger partial charge < -0.3 is 15.0 Å². The number of nitriles is 1. The molecule has 0 bridgehead atoms. The van der Waals surface area contributed by atoms with Crippen LogP contribution in [-0.4, -0.2) is 14.2 Å². The minimum absolute atomic E-state index is 0. The fraction of sp³-hybridized carbons (Fsp3) is 0.600. The molecule has 4 nitrogen and oxygen atoms in total. The first-order chi connectivity index (χ1) is 4.29. The number of nitrogens with zero attached hydrogens (tertiary/aromatic N) is 1. The molecule has 0 spiro atoms. The van der Waals surface area contributed by atoms with E-state index in [1.807, 2.05) is 19.6 Å². The predicted octanol–water partition coefficient (Wildman–Crippen LogP) is -7.05. The summed E-state index contributed by atoms with van der Waals surface area (Å²) in [5, 5.41) is 24.9. The summed E-state index contributed by atoms with van der Waals surface area (Å²) in [7, 11) is -1.33. The molecule has 0 aromatic carbocycles. The third kappa shape index (κ3) is 56.3. The topological polar surface area (TPSA) is 87.0 Å². The van der Waals surface area contributed by atoms with E-state index in [0.717, 1.165) is 0 Å². The number of carbonyl (C=O) groups excluding carboxylic acids is 1. The first kappa shape index (κ1) is 23.8. The van der Waals surface area contributed by atoms with Crippen molar-refractivity contribution >= 4 is 14.2 Å². The summed E-state index contributed by atoms with van der Waals surface area (Å²) in [6.07, 6.45) is -2.33. The molecule has 0 radical (unpaired) electrons. The summed E-state index contributed by atoms with van der Waals surface area (Å²) >= 11 is 0. The smallest absolute Gasteiger partial charge is 0.652 e. The molecule has 7 heteroatoms. The van der Waals surface area contributed by atoms with Gasteiger partial charge in [-0.2, -0.15) is 0 Å².